The lowest BCUT2D eigenvalue weighted by Gasteiger charge is -2.35. The highest BCUT2D eigenvalue weighted by molar-refractivity contribution is 5.84. The molecular weight excluding hydrogens is 296 g/mol. The second-order valence-corrected chi connectivity index (χ2v) is 6.26. The summed E-state index contributed by atoms with van der Waals surface area (Å²) in [6.45, 7) is 7.79. The summed E-state index contributed by atoms with van der Waals surface area (Å²) < 4.78 is 9.29. The molecule has 0 aliphatic carbocycles. The van der Waals surface area contributed by atoms with E-state index < -0.39 is 5.54 Å². The highest BCUT2D eigenvalue weighted by Crippen LogP contribution is 2.29. The van der Waals surface area contributed by atoms with Gasteiger partial charge >= 0.3 is 0 Å². The van der Waals surface area contributed by atoms with Gasteiger partial charge in [-0.15, -0.1) is 10.2 Å². The summed E-state index contributed by atoms with van der Waals surface area (Å²) >= 11 is 0. The quantitative estimate of drug-likeness (QED) is 0.875. The molecule has 0 saturated heterocycles. The number of ether oxygens (including phenoxy) is 1. The van der Waals surface area contributed by atoms with Gasteiger partial charge in [0.05, 0.1) is 13.2 Å². The second-order valence-electron chi connectivity index (χ2n) is 6.26. The van der Waals surface area contributed by atoms with Crippen LogP contribution >= 0.6 is 0 Å². The average molecular weight is 318 g/mol. The van der Waals surface area contributed by atoms with Gasteiger partial charge in [0.2, 0.25) is 5.91 Å². The first-order valence-corrected chi connectivity index (χ1v) is 7.80. The van der Waals surface area contributed by atoms with Crippen molar-refractivity contribution in [1.29, 1.82) is 0 Å². The topological polar surface area (TPSA) is 86.9 Å². The molecule has 8 heteroatoms. The molecule has 1 atom stereocenters. The molecule has 3 heterocycles. The van der Waals surface area contributed by atoms with Crippen molar-refractivity contribution in [1.82, 2.24) is 29.9 Å². The van der Waals surface area contributed by atoms with Gasteiger partial charge in [0.15, 0.2) is 5.82 Å². The Balaban J connectivity index is 1.76. The van der Waals surface area contributed by atoms with Crippen LogP contribution in [0, 0.1) is 0 Å². The molecule has 0 bridgehead atoms. The summed E-state index contributed by atoms with van der Waals surface area (Å²) in [5, 5.41) is 15.5. The first-order valence-electron chi connectivity index (χ1n) is 7.80. The zero-order chi connectivity index (χ0) is 16.4. The summed E-state index contributed by atoms with van der Waals surface area (Å²) in [6, 6.07) is 1.86. The molecular formula is C15H22N6O2. The monoisotopic (exact) mass is 318 g/mol. The van der Waals surface area contributed by atoms with E-state index in [-0.39, 0.29) is 11.8 Å². The van der Waals surface area contributed by atoms with E-state index in [4.69, 9.17) is 4.74 Å². The Kier molecular flexibility index (Phi) is 4.16. The van der Waals surface area contributed by atoms with E-state index in [1.165, 1.54) is 0 Å². The van der Waals surface area contributed by atoms with Crippen molar-refractivity contribution < 1.29 is 9.53 Å². The SMILES string of the molecule is CC(C)c1nnc2n1C(C)(C(=O)NCCn1cccn1)COC2. The molecule has 1 N–H and O–H groups in total. The fourth-order valence-corrected chi connectivity index (χ4v) is 2.82. The smallest absolute Gasteiger partial charge is 0.248 e. The van der Waals surface area contributed by atoms with Crippen molar-refractivity contribution in [2.24, 2.45) is 0 Å². The molecule has 0 radical (unpaired) electrons. The molecule has 124 valence electrons. The summed E-state index contributed by atoms with van der Waals surface area (Å²) in [6.07, 6.45) is 3.59. The van der Waals surface area contributed by atoms with Gasteiger partial charge in [-0.1, -0.05) is 13.8 Å². The Labute approximate surface area is 134 Å². The van der Waals surface area contributed by atoms with Crippen molar-refractivity contribution in [3.05, 3.63) is 30.1 Å². The van der Waals surface area contributed by atoms with Gasteiger partial charge in [-0.3, -0.25) is 14.0 Å². The highest BCUT2D eigenvalue weighted by atomic mass is 16.5. The Morgan fingerprint density at radius 3 is 3.00 bits per heavy atom. The van der Waals surface area contributed by atoms with Crippen molar-refractivity contribution in [2.45, 2.75) is 45.4 Å². The van der Waals surface area contributed by atoms with Crippen molar-refractivity contribution >= 4 is 5.91 Å². The third-order valence-electron chi connectivity index (χ3n) is 4.05. The Morgan fingerprint density at radius 1 is 1.48 bits per heavy atom. The molecule has 23 heavy (non-hydrogen) atoms. The lowest BCUT2D eigenvalue weighted by Crippen LogP contribution is -2.53. The maximum Gasteiger partial charge on any atom is 0.248 e. The number of amides is 1. The summed E-state index contributed by atoms with van der Waals surface area (Å²) in [5.41, 5.74) is -0.833. The van der Waals surface area contributed by atoms with Crippen molar-refractivity contribution in [3.8, 4) is 0 Å². The lowest BCUT2D eigenvalue weighted by molar-refractivity contribution is -0.135. The maximum absolute atomic E-state index is 12.8. The van der Waals surface area contributed by atoms with Crippen LogP contribution in [0.5, 0.6) is 0 Å². The fourth-order valence-electron chi connectivity index (χ4n) is 2.82. The molecule has 1 aliphatic heterocycles. The number of rotatable bonds is 5. The predicted octanol–water partition coefficient (Wildman–Crippen LogP) is 0.660. The summed E-state index contributed by atoms with van der Waals surface area (Å²) in [4.78, 5) is 12.8. The van der Waals surface area contributed by atoms with Gasteiger partial charge in [0, 0.05) is 24.9 Å². The first kappa shape index (κ1) is 15.7. The number of carbonyl (C=O) groups is 1. The van der Waals surface area contributed by atoms with Crippen LogP contribution in [0.2, 0.25) is 0 Å². The minimum absolute atomic E-state index is 0.0905. The normalized spacial score (nSPS) is 20.5. The zero-order valence-electron chi connectivity index (χ0n) is 13.7. The van der Waals surface area contributed by atoms with E-state index in [1.54, 1.807) is 10.9 Å². The maximum atomic E-state index is 12.8. The number of nitrogens with one attached hydrogen (secondary N) is 1. The van der Waals surface area contributed by atoms with Crippen LogP contribution < -0.4 is 5.32 Å². The van der Waals surface area contributed by atoms with Crippen LogP contribution in [-0.2, 0) is 28.2 Å². The van der Waals surface area contributed by atoms with Crippen LogP contribution in [0.3, 0.4) is 0 Å². The average Bonchev–Trinajstić information content (AvgIpc) is 3.16. The van der Waals surface area contributed by atoms with E-state index >= 15 is 0 Å². The molecule has 0 fully saturated rings. The van der Waals surface area contributed by atoms with Crippen LogP contribution in [0.1, 0.15) is 38.3 Å². The van der Waals surface area contributed by atoms with Crippen LogP contribution in [0.4, 0.5) is 0 Å². The molecule has 1 aliphatic rings. The molecule has 0 saturated carbocycles. The third kappa shape index (κ3) is 2.86. The first-order chi connectivity index (χ1) is 11.0. The largest absolute Gasteiger partial charge is 0.370 e. The number of hydrogen-bond acceptors (Lipinski definition) is 5. The zero-order valence-corrected chi connectivity index (χ0v) is 13.7. The van der Waals surface area contributed by atoms with Gasteiger partial charge in [-0.2, -0.15) is 5.10 Å². The highest BCUT2D eigenvalue weighted by Gasteiger charge is 2.42. The molecule has 8 nitrogen and oxygen atoms in total. The van der Waals surface area contributed by atoms with Gasteiger partial charge in [-0.05, 0) is 13.0 Å². The molecule has 2 aromatic rings. The van der Waals surface area contributed by atoms with Crippen LogP contribution in [0.15, 0.2) is 18.5 Å². The fraction of sp³-hybridized carbons (Fsp3) is 0.600. The standard InChI is InChI=1S/C15H22N6O2/c1-11(2)13-19-18-12-9-23-10-15(3,21(12)13)14(22)16-6-8-20-7-4-5-17-20/h4-5,7,11H,6,8-10H2,1-3H3,(H,16,22). The van der Waals surface area contributed by atoms with Crippen molar-refractivity contribution in [2.75, 3.05) is 13.2 Å². The summed E-state index contributed by atoms with van der Waals surface area (Å²) in [7, 11) is 0. The van der Waals surface area contributed by atoms with Gasteiger partial charge < -0.3 is 10.1 Å². The third-order valence-corrected chi connectivity index (χ3v) is 4.05. The molecule has 3 rings (SSSR count). The number of fused-ring (bicyclic) bond motifs is 1. The lowest BCUT2D eigenvalue weighted by atomic mass is 9.99. The Morgan fingerprint density at radius 2 is 2.30 bits per heavy atom. The number of carbonyl (C=O) groups excluding carboxylic acids is 1. The van der Waals surface area contributed by atoms with Gasteiger partial charge in [0.25, 0.3) is 0 Å². The van der Waals surface area contributed by atoms with E-state index in [0.717, 1.165) is 5.82 Å². The van der Waals surface area contributed by atoms with E-state index in [9.17, 15) is 4.79 Å². The number of aromatic nitrogens is 5. The molecule has 2 aromatic heterocycles. The molecule has 1 amide bonds. The second kappa shape index (κ2) is 6.11. The Hall–Kier alpha value is -2.22. The molecule has 0 aromatic carbocycles. The van der Waals surface area contributed by atoms with Gasteiger partial charge in [-0.25, -0.2) is 0 Å². The van der Waals surface area contributed by atoms with E-state index in [2.05, 4.69) is 20.6 Å². The molecule has 1 unspecified atom stereocenters. The van der Waals surface area contributed by atoms with Crippen LogP contribution in [0.25, 0.3) is 0 Å². The molecule has 0 spiro atoms. The summed E-state index contributed by atoms with van der Waals surface area (Å²) in [5.74, 6) is 1.61. The van der Waals surface area contributed by atoms with Crippen LogP contribution in [-0.4, -0.2) is 43.6 Å². The van der Waals surface area contributed by atoms with Crippen molar-refractivity contribution in [3.63, 3.8) is 0 Å². The predicted molar refractivity (Wildman–Crippen MR) is 82.7 cm³/mol. The number of hydrogen-bond donors (Lipinski definition) is 1. The number of nitrogens with zero attached hydrogens (tertiary/aromatic N) is 5. The van der Waals surface area contributed by atoms with E-state index in [1.807, 2.05) is 37.6 Å². The minimum atomic E-state index is -0.833. The Bertz CT molecular complexity index is 678. The van der Waals surface area contributed by atoms with Gasteiger partial charge in [0.1, 0.15) is 18.0 Å². The van der Waals surface area contributed by atoms with E-state index in [0.29, 0.717) is 32.1 Å². The minimum Gasteiger partial charge on any atom is -0.370 e.